The molecule has 0 aliphatic heterocycles. The summed E-state index contributed by atoms with van der Waals surface area (Å²) in [5, 5.41) is 13.9. The molecule has 4 atom stereocenters. The molecule has 3 aliphatic rings. The predicted molar refractivity (Wildman–Crippen MR) is 110 cm³/mol. The normalized spacial score (nSPS) is 29.1. The summed E-state index contributed by atoms with van der Waals surface area (Å²) in [7, 11) is 0. The van der Waals surface area contributed by atoms with Gasteiger partial charge in [-0.05, 0) is 65.3 Å². The molecule has 3 N–H and O–H groups in total. The minimum atomic E-state index is -0.279. The number of allylic oxidation sites excluding steroid dienone is 1. The number of carbonyl (C=O) groups is 2. The van der Waals surface area contributed by atoms with Crippen molar-refractivity contribution in [2.45, 2.75) is 59.4 Å². The fourth-order valence-corrected chi connectivity index (χ4v) is 4.95. The highest BCUT2D eigenvalue weighted by atomic mass is 79.9. The number of ether oxygens (including phenoxy) is 1. The van der Waals surface area contributed by atoms with Crippen LogP contribution in [0.4, 0.5) is 0 Å². The van der Waals surface area contributed by atoms with E-state index in [4.69, 9.17) is 10.1 Å². The van der Waals surface area contributed by atoms with Crippen molar-refractivity contribution in [3.63, 3.8) is 0 Å². The molecule has 7 heteroatoms. The zero-order valence-electron chi connectivity index (χ0n) is 16.7. The lowest BCUT2D eigenvalue weighted by atomic mass is 9.45. The molecule has 6 nitrogen and oxygen atoms in total. The van der Waals surface area contributed by atoms with E-state index in [-0.39, 0.29) is 24.3 Å². The molecule has 0 aromatic rings. The molecule has 3 rings (SSSR count). The van der Waals surface area contributed by atoms with Crippen molar-refractivity contribution in [3.05, 3.63) is 10.2 Å². The number of nitrogens with one attached hydrogen (secondary N) is 3. The van der Waals surface area contributed by atoms with Crippen molar-refractivity contribution in [1.29, 1.82) is 5.41 Å². The van der Waals surface area contributed by atoms with Gasteiger partial charge in [0, 0.05) is 25.2 Å². The Morgan fingerprint density at radius 1 is 1.33 bits per heavy atom. The van der Waals surface area contributed by atoms with Crippen molar-refractivity contribution in [3.8, 4) is 0 Å². The zero-order valence-corrected chi connectivity index (χ0v) is 18.3. The van der Waals surface area contributed by atoms with Crippen LogP contribution in [-0.2, 0) is 14.3 Å². The summed E-state index contributed by atoms with van der Waals surface area (Å²) in [5.41, 5.74) is 0.911. The van der Waals surface area contributed by atoms with E-state index in [0.29, 0.717) is 52.9 Å². The summed E-state index contributed by atoms with van der Waals surface area (Å²) < 4.78 is 5.20. The summed E-state index contributed by atoms with van der Waals surface area (Å²) in [6.07, 6.45) is 4.36. The molecular formula is C20H32BrN3O3. The maximum Gasteiger partial charge on any atom is 0.305 e. The van der Waals surface area contributed by atoms with Gasteiger partial charge in [-0.25, -0.2) is 0 Å². The molecule has 3 fully saturated rings. The fourth-order valence-electron chi connectivity index (χ4n) is 4.58. The van der Waals surface area contributed by atoms with Crippen LogP contribution in [0.5, 0.6) is 0 Å². The molecule has 0 aromatic heterocycles. The van der Waals surface area contributed by atoms with Gasteiger partial charge in [0.15, 0.2) is 0 Å². The van der Waals surface area contributed by atoms with Gasteiger partial charge in [0.2, 0.25) is 0 Å². The summed E-state index contributed by atoms with van der Waals surface area (Å²) in [5.74, 6) is 1.37. The Kier molecular flexibility index (Phi) is 7.48. The van der Waals surface area contributed by atoms with Gasteiger partial charge in [0.1, 0.15) is 4.48 Å². The van der Waals surface area contributed by atoms with E-state index in [9.17, 15) is 9.59 Å². The average Bonchev–Trinajstić information content (AvgIpc) is 2.63. The quantitative estimate of drug-likeness (QED) is 0.221. The molecule has 0 saturated heterocycles. The van der Waals surface area contributed by atoms with Gasteiger partial charge >= 0.3 is 5.97 Å². The Morgan fingerprint density at radius 2 is 2.04 bits per heavy atom. The zero-order chi connectivity index (χ0) is 20.2. The smallest absolute Gasteiger partial charge is 0.305 e. The van der Waals surface area contributed by atoms with Crippen molar-refractivity contribution in [2.75, 3.05) is 13.2 Å². The maximum absolute atomic E-state index is 12.3. The Labute approximate surface area is 170 Å². The van der Waals surface area contributed by atoms with Gasteiger partial charge in [-0.1, -0.05) is 20.8 Å². The number of halogens is 1. The van der Waals surface area contributed by atoms with E-state index >= 15 is 0 Å². The molecule has 152 valence electrons. The third-order valence-electron chi connectivity index (χ3n) is 6.42. The first-order chi connectivity index (χ1) is 12.7. The highest BCUT2D eigenvalue weighted by Crippen LogP contribution is 2.61. The molecule has 0 heterocycles. The third kappa shape index (κ3) is 4.92. The van der Waals surface area contributed by atoms with Crippen molar-refractivity contribution < 1.29 is 14.3 Å². The molecule has 0 aromatic carbocycles. The van der Waals surface area contributed by atoms with Gasteiger partial charge in [0.05, 0.1) is 12.3 Å². The standard InChI is InChI=1S/C20H32BrN3O3/c1-5-27-17(25)7-6-8-23-19(26)18(21)16(11-22)24-15-10-13-9-14(12(15)2)20(13,3)4/h11-15,22,24H,5-10H2,1-4H3,(H,23,26)/b18-16-,22-11?/t12-,13+,14-,15-/m1/s1. The van der Waals surface area contributed by atoms with Gasteiger partial charge in [-0.2, -0.15) is 0 Å². The minimum Gasteiger partial charge on any atom is -0.466 e. The second-order valence-corrected chi connectivity index (χ2v) is 9.04. The van der Waals surface area contributed by atoms with E-state index < -0.39 is 0 Å². The Hall–Kier alpha value is -1.37. The first-order valence-corrected chi connectivity index (χ1v) is 10.6. The number of hydrogen-bond donors (Lipinski definition) is 3. The van der Waals surface area contributed by atoms with Crippen LogP contribution in [-0.4, -0.2) is 37.3 Å². The van der Waals surface area contributed by atoms with Crippen LogP contribution in [0.25, 0.3) is 0 Å². The number of carbonyl (C=O) groups excluding carboxylic acids is 2. The minimum absolute atomic E-state index is 0.254. The molecular weight excluding hydrogens is 410 g/mol. The van der Waals surface area contributed by atoms with Gasteiger partial charge in [-0.3, -0.25) is 9.59 Å². The maximum atomic E-state index is 12.3. The van der Waals surface area contributed by atoms with Crippen molar-refractivity contribution in [2.24, 2.45) is 23.2 Å². The second kappa shape index (κ2) is 9.22. The molecule has 0 spiro atoms. The van der Waals surface area contributed by atoms with Crippen LogP contribution in [0.1, 0.15) is 53.4 Å². The van der Waals surface area contributed by atoms with Gasteiger partial charge in [-0.15, -0.1) is 0 Å². The Bertz CT molecular complexity index is 618. The lowest BCUT2D eigenvalue weighted by Gasteiger charge is -2.62. The Morgan fingerprint density at radius 3 is 2.59 bits per heavy atom. The molecule has 3 aliphatic carbocycles. The van der Waals surface area contributed by atoms with E-state index in [2.05, 4.69) is 47.3 Å². The van der Waals surface area contributed by atoms with Gasteiger partial charge < -0.3 is 20.8 Å². The highest BCUT2D eigenvalue weighted by molar-refractivity contribution is 9.12. The van der Waals surface area contributed by atoms with Crippen LogP contribution in [0.2, 0.25) is 0 Å². The third-order valence-corrected chi connectivity index (χ3v) is 7.21. The monoisotopic (exact) mass is 441 g/mol. The number of hydrogen-bond acceptors (Lipinski definition) is 5. The largest absolute Gasteiger partial charge is 0.466 e. The second-order valence-electron chi connectivity index (χ2n) is 8.24. The number of amides is 1. The number of fused-ring (bicyclic) bond motifs is 2. The van der Waals surface area contributed by atoms with Crippen LogP contribution in [0.15, 0.2) is 10.2 Å². The van der Waals surface area contributed by atoms with Crippen LogP contribution in [0, 0.1) is 28.6 Å². The Balaban J connectivity index is 1.87. The molecule has 1 amide bonds. The molecule has 2 bridgehead atoms. The summed E-state index contributed by atoms with van der Waals surface area (Å²) in [6.45, 7) is 9.50. The van der Waals surface area contributed by atoms with E-state index in [1.54, 1.807) is 6.92 Å². The topological polar surface area (TPSA) is 91.3 Å². The van der Waals surface area contributed by atoms with E-state index in [0.717, 1.165) is 6.42 Å². The fraction of sp³-hybridized carbons (Fsp3) is 0.750. The molecule has 0 radical (unpaired) electrons. The first-order valence-electron chi connectivity index (χ1n) is 9.82. The van der Waals surface area contributed by atoms with Crippen LogP contribution < -0.4 is 10.6 Å². The van der Waals surface area contributed by atoms with Crippen LogP contribution in [0.3, 0.4) is 0 Å². The summed E-state index contributed by atoms with van der Waals surface area (Å²) in [6, 6.07) is 0.280. The SMILES string of the molecule is CCOC(=O)CCCNC(=O)/C(Br)=C(\C=N)N[C@@H]1C[C@@H]2C[C@H]([C@H]1C)C2(C)C. The lowest BCUT2D eigenvalue weighted by molar-refractivity contribution is -0.143. The molecule has 3 saturated carbocycles. The van der Waals surface area contributed by atoms with E-state index in [1.165, 1.54) is 12.6 Å². The first kappa shape index (κ1) is 21.9. The molecule has 27 heavy (non-hydrogen) atoms. The number of rotatable bonds is 9. The average molecular weight is 442 g/mol. The summed E-state index contributed by atoms with van der Waals surface area (Å²) >= 11 is 3.33. The van der Waals surface area contributed by atoms with Crippen molar-refractivity contribution in [1.82, 2.24) is 10.6 Å². The predicted octanol–water partition coefficient (Wildman–Crippen LogP) is 3.36. The highest BCUT2D eigenvalue weighted by Gasteiger charge is 2.56. The van der Waals surface area contributed by atoms with Crippen LogP contribution >= 0.6 is 15.9 Å². The van der Waals surface area contributed by atoms with Gasteiger partial charge in [0.25, 0.3) is 5.91 Å². The molecule has 0 unspecified atom stereocenters. The van der Waals surface area contributed by atoms with E-state index in [1.807, 2.05) is 0 Å². The van der Waals surface area contributed by atoms with Crippen molar-refractivity contribution >= 4 is 34.0 Å². The number of esters is 1. The summed E-state index contributed by atoms with van der Waals surface area (Å²) in [4.78, 5) is 23.6. The lowest BCUT2D eigenvalue weighted by Crippen LogP contribution is -2.59.